The molecule has 0 heterocycles. The molecular weight excluding hydrogens is 168 g/mol. The summed E-state index contributed by atoms with van der Waals surface area (Å²) in [4.78, 5) is 0. The Bertz CT molecular complexity index is 186. The Morgan fingerprint density at radius 1 is 1.67 bits per heavy atom. The van der Waals surface area contributed by atoms with Crippen LogP contribution in [0, 0.1) is 5.92 Å². The Labute approximate surface area is 80.3 Å². The van der Waals surface area contributed by atoms with Crippen LogP contribution in [0.5, 0.6) is 0 Å². The van der Waals surface area contributed by atoms with Crippen molar-refractivity contribution in [3.05, 3.63) is 12.2 Å². The summed E-state index contributed by atoms with van der Waals surface area (Å²) in [6.07, 6.45) is 2.65. The van der Waals surface area contributed by atoms with Gasteiger partial charge in [-0.25, -0.2) is 0 Å². The van der Waals surface area contributed by atoms with Crippen LogP contribution in [0.2, 0.25) is 0 Å². The normalized spacial score (nSPS) is 42.7. The molecule has 12 heavy (non-hydrogen) atoms. The number of aliphatic hydroxyl groups excluding tert-OH is 1. The number of allylic oxidation sites excluding steroid dienone is 1. The van der Waals surface area contributed by atoms with Gasteiger partial charge in [0.05, 0.1) is 6.10 Å². The van der Waals surface area contributed by atoms with Gasteiger partial charge in [0.1, 0.15) is 0 Å². The van der Waals surface area contributed by atoms with E-state index in [1.54, 1.807) is 0 Å². The summed E-state index contributed by atoms with van der Waals surface area (Å²) in [6.45, 7) is 7.97. The molecule has 2 heteroatoms. The summed E-state index contributed by atoms with van der Waals surface area (Å²) in [5, 5.41) is 9.74. The third-order valence-corrected chi connectivity index (χ3v) is 3.44. The van der Waals surface area contributed by atoms with E-state index in [4.69, 9.17) is 0 Å². The van der Waals surface area contributed by atoms with Crippen LogP contribution < -0.4 is 0 Å². The van der Waals surface area contributed by atoms with Crippen molar-refractivity contribution in [2.24, 2.45) is 5.92 Å². The van der Waals surface area contributed by atoms with Gasteiger partial charge in [-0.05, 0) is 39.0 Å². The van der Waals surface area contributed by atoms with Gasteiger partial charge in [0, 0.05) is 4.75 Å². The first-order valence-electron chi connectivity index (χ1n) is 4.49. The van der Waals surface area contributed by atoms with Gasteiger partial charge in [-0.2, -0.15) is 12.6 Å². The SMILES string of the molecule is C=C(C)[C@H]1CC[C@@](C)(S)[C@H](O)C1. The molecule has 1 N–H and O–H groups in total. The summed E-state index contributed by atoms with van der Waals surface area (Å²) in [6, 6.07) is 0. The monoisotopic (exact) mass is 186 g/mol. The van der Waals surface area contributed by atoms with Crippen molar-refractivity contribution >= 4 is 12.6 Å². The van der Waals surface area contributed by atoms with E-state index in [1.165, 1.54) is 5.57 Å². The molecule has 1 nitrogen and oxygen atoms in total. The highest BCUT2D eigenvalue weighted by molar-refractivity contribution is 7.81. The molecule has 1 fully saturated rings. The second-order valence-electron chi connectivity index (χ2n) is 4.19. The lowest BCUT2D eigenvalue weighted by Gasteiger charge is -2.38. The predicted octanol–water partition coefficient (Wildman–Crippen LogP) is 2.41. The van der Waals surface area contributed by atoms with Crippen molar-refractivity contribution in [2.45, 2.75) is 44.0 Å². The van der Waals surface area contributed by atoms with E-state index in [2.05, 4.69) is 19.2 Å². The predicted molar refractivity (Wildman–Crippen MR) is 55.6 cm³/mol. The minimum absolute atomic E-state index is 0.189. The lowest BCUT2D eigenvalue weighted by molar-refractivity contribution is 0.0806. The van der Waals surface area contributed by atoms with E-state index in [1.807, 2.05) is 13.8 Å². The van der Waals surface area contributed by atoms with Crippen molar-refractivity contribution < 1.29 is 5.11 Å². The average Bonchev–Trinajstić information content (AvgIpc) is 1.94. The van der Waals surface area contributed by atoms with E-state index >= 15 is 0 Å². The number of thiol groups is 1. The molecule has 0 saturated heterocycles. The number of rotatable bonds is 1. The maximum atomic E-state index is 9.74. The van der Waals surface area contributed by atoms with Crippen molar-refractivity contribution in [2.75, 3.05) is 0 Å². The van der Waals surface area contributed by atoms with Gasteiger partial charge in [0.2, 0.25) is 0 Å². The van der Waals surface area contributed by atoms with Gasteiger partial charge in [0.25, 0.3) is 0 Å². The zero-order valence-electron chi connectivity index (χ0n) is 7.88. The molecule has 0 aromatic rings. The van der Waals surface area contributed by atoms with Gasteiger partial charge < -0.3 is 5.11 Å². The second-order valence-corrected chi connectivity index (χ2v) is 5.21. The quantitative estimate of drug-likeness (QED) is 0.476. The van der Waals surface area contributed by atoms with Crippen LogP contribution in [0.25, 0.3) is 0 Å². The highest BCUT2D eigenvalue weighted by atomic mass is 32.1. The van der Waals surface area contributed by atoms with Crippen LogP contribution in [0.3, 0.4) is 0 Å². The van der Waals surface area contributed by atoms with E-state index < -0.39 is 0 Å². The van der Waals surface area contributed by atoms with E-state index in [9.17, 15) is 5.11 Å². The van der Waals surface area contributed by atoms with E-state index in [0.29, 0.717) is 5.92 Å². The summed E-state index contributed by atoms with van der Waals surface area (Å²) in [5.41, 5.74) is 1.19. The molecule has 0 aromatic carbocycles. The van der Waals surface area contributed by atoms with Crippen LogP contribution >= 0.6 is 12.6 Å². The molecule has 1 aliphatic rings. The molecule has 3 atom stereocenters. The molecule has 0 unspecified atom stereocenters. The van der Waals surface area contributed by atoms with E-state index in [-0.39, 0.29) is 10.9 Å². The number of hydrogen-bond acceptors (Lipinski definition) is 2. The first-order valence-corrected chi connectivity index (χ1v) is 4.94. The summed E-state index contributed by atoms with van der Waals surface area (Å²) >= 11 is 4.44. The van der Waals surface area contributed by atoms with Crippen LogP contribution in [0.15, 0.2) is 12.2 Å². The molecule has 0 aromatic heterocycles. The third kappa shape index (κ3) is 2.05. The fourth-order valence-electron chi connectivity index (χ4n) is 1.72. The molecule has 1 saturated carbocycles. The lowest BCUT2D eigenvalue weighted by atomic mass is 9.77. The number of aliphatic hydroxyl groups is 1. The van der Waals surface area contributed by atoms with E-state index in [0.717, 1.165) is 19.3 Å². The van der Waals surface area contributed by atoms with Crippen LogP contribution in [0.1, 0.15) is 33.1 Å². The first-order chi connectivity index (χ1) is 5.43. The first kappa shape index (κ1) is 10.1. The minimum atomic E-state index is -0.281. The van der Waals surface area contributed by atoms with Crippen LogP contribution in [0.4, 0.5) is 0 Å². The molecule has 1 rings (SSSR count). The standard InChI is InChI=1S/C10H18OS/c1-7(2)8-4-5-10(3,12)9(11)6-8/h8-9,11-12H,1,4-6H2,2-3H3/t8-,9+,10+/m0/s1. The van der Waals surface area contributed by atoms with Crippen LogP contribution in [-0.2, 0) is 0 Å². The van der Waals surface area contributed by atoms with Crippen molar-refractivity contribution in [1.29, 1.82) is 0 Å². The largest absolute Gasteiger partial charge is 0.392 e. The number of hydrogen-bond donors (Lipinski definition) is 2. The molecule has 70 valence electrons. The van der Waals surface area contributed by atoms with Crippen molar-refractivity contribution in [3.8, 4) is 0 Å². The van der Waals surface area contributed by atoms with Crippen molar-refractivity contribution in [3.63, 3.8) is 0 Å². The Morgan fingerprint density at radius 3 is 2.67 bits per heavy atom. The summed E-state index contributed by atoms with van der Waals surface area (Å²) in [7, 11) is 0. The molecular formula is C10H18OS. The fourth-order valence-corrected chi connectivity index (χ4v) is 1.96. The zero-order chi connectivity index (χ0) is 9.35. The van der Waals surface area contributed by atoms with Gasteiger partial charge in [-0.15, -0.1) is 0 Å². The molecule has 0 radical (unpaired) electrons. The zero-order valence-corrected chi connectivity index (χ0v) is 8.77. The molecule has 0 bridgehead atoms. The Kier molecular flexibility index (Phi) is 2.89. The topological polar surface area (TPSA) is 20.2 Å². The maximum Gasteiger partial charge on any atom is 0.0687 e. The van der Waals surface area contributed by atoms with Gasteiger partial charge in [0.15, 0.2) is 0 Å². The highest BCUT2D eigenvalue weighted by Crippen LogP contribution is 2.38. The lowest BCUT2D eigenvalue weighted by Crippen LogP contribution is -2.40. The second kappa shape index (κ2) is 3.43. The summed E-state index contributed by atoms with van der Waals surface area (Å²) in [5.74, 6) is 0.500. The minimum Gasteiger partial charge on any atom is -0.392 e. The van der Waals surface area contributed by atoms with Crippen LogP contribution in [-0.4, -0.2) is 16.0 Å². The molecule has 0 amide bonds. The van der Waals surface area contributed by atoms with Crippen molar-refractivity contribution in [1.82, 2.24) is 0 Å². The molecule has 0 aliphatic heterocycles. The van der Waals surface area contributed by atoms with Gasteiger partial charge in [-0.1, -0.05) is 12.2 Å². The fraction of sp³-hybridized carbons (Fsp3) is 0.800. The third-order valence-electron chi connectivity index (χ3n) is 2.92. The van der Waals surface area contributed by atoms with Gasteiger partial charge >= 0.3 is 0 Å². The Hall–Kier alpha value is 0.0500. The Morgan fingerprint density at radius 2 is 2.25 bits per heavy atom. The average molecular weight is 186 g/mol. The van der Waals surface area contributed by atoms with Gasteiger partial charge in [-0.3, -0.25) is 0 Å². The maximum absolute atomic E-state index is 9.74. The summed E-state index contributed by atoms with van der Waals surface area (Å²) < 4.78 is -0.189. The smallest absolute Gasteiger partial charge is 0.0687 e. The Balaban J connectivity index is 2.58. The molecule has 1 aliphatic carbocycles. The molecule has 0 spiro atoms. The highest BCUT2D eigenvalue weighted by Gasteiger charge is 2.36.